The van der Waals surface area contributed by atoms with Gasteiger partial charge in [0, 0.05) is 0 Å². The van der Waals surface area contributed by atoms with Crippen molar-refractivity contribution in [1.29, 1.82) is 0 Å². The van der Waals surface area contributed by atoms with Crippen molar-refractivity contribution in [2.75, 3.05) is 0 Å². The minimum absolute atomic E-state index is 0.111. The fourth-order valence-corrected chi connectivity index (χ4v) is 2.44. The van der Waals surface area contributed by atoms with Gasteiger partial charge >= 0.3 is 0 Å². The van der Waals surface area contributed by atoms with Crippen LogP contribution in [0, 0.1) is 23.3 Å². The Morgan fingerprint density at radius 3 is 2.74 bits per heavy atom. The number of aryl methyl sites for hydroxylation is 1. The van der Waals surface area contributed by atoms with Gasteiger partial charge in [0.2, 0.25) is 0 Å². The summed E-state index contributed by atoms with van der Waals surface area (Å²) in [6.07, 6.45) is 0. The lowest BCUT2D eigenvalue weighted by molar-refractivity contribution is 0.504. The van der Waals surface area contributed by atoms with E-state index in [0.29, 0.717) is 4.77 Å². The number of H-pyrrole nitrogens is 1. The number of nitrogens with zero attached hydrogens (tertiary/aromatic N) is 1. The standard InChI is InChI=1S/C14H10F2N2S/c1-8-5-6-11-10(7-8)17-14(19)18(11)12-4-2-3-9(15)13(12)16/h2-7H,1H3,(H,17,19). The lowest BCUT2D eigenvalue weighted by atomic mass is 10.2. The van der Waals surface area contributed by atoms with Crippen LogP contribution < -0.4 is 0 Å². The molecule has 19 heavy (non-hydrogen) atoms. The molecular weight excluding hydrogens is 266 g/mol. The zero-order valence-electron chi connectivity index (χ0n) is 10.1. The van der Waals surface area contributed by atoms with E-state index >= 15 is 0 Å². The Hall–Kier alpha value is -2.01. The van der Waals surface area contributed by atoms with E-state index in [9.17, 15) is 8.78 Å². The van der Waals surface area contributed by atoms with Gasteiger partial charge in [0.15, 0.2) is 16.4 Å². The summed E-state index contributed by atoms with van der Waals surface area (Å²) in [5.74, 6) is -1.79. The van der Waals surface area contributed by atoms with E-state index in [1.54, 1.807) is 0 Å². The lowest BCUT2D eigenvalue weighted by Gasteiger charge is -2.06. The van der Waals surface area contributed by atoms with Gasteiger partial charge in [-0.25, -0.2) is 8.78 Å². The second-order valence-corrected chi connectivity index (χ2v) is 4.75. The van der Waals surface area contributed by atoms with Crippen molar-refractivity contribution < 1.29 is 8.78 Å². The topological polar surface area (TPSA) is 20.7 Å². The van der Waals surface area contributed by atoms with E-state index in [-0.39, 0.29) is 5.69 Å². The molecule has 0 saturated carbocycles. The summed E-state index contributed by atoms with van der Waals surface area (Å²) in [6.45, 7) is 1.95. The van der Waals surface area contributed by atoms with Gasteiger partial charge < -0.3 is 4.98 Å². The highest BCUT2D eigenvalue weighted by Gasteiger charge is 2.13. The van der Waals surface area contributed by atoms with Crippen LogP contribution in [0.2, 0.25) is 0 Å². The fourth-order valence-electron chi connectivity index (χ4n) is 2.13. The number of hydrogen-bond donors (Lipinski definition) is 1. The largest absolute Gasteiger partial charge is 0.330 e. The number of aromatic nitrogens is 2. The summed E-state index contributed by atoms with van der Waals surface area (Å²) in [5.41, 5.74) is 2.70. The predicted octanol–water partition coefficient (Wildman–Crippen LogP) is 4.27. The highest BCUT2D eigenvalue weighted by molar-refractivity contribution is 7.71. The second-order valence-electron chi connectivity index (χ2n) is 4.36. The third-order valence-corrected chi connectivity index (χ3v) is 3.29. The number of nitrogens with one attached hydrogen (secondary N) is 1. The Bertz CT molecular complexity index is 833. The third kappa shape index (κ3) is 1.86. The van der Waals surface area contributed by atoms with Crippen LogP contribution in [-0.2, 0) is 0 Å². The first-order valence-electron chi connectivity index (χ1n) is 5.73. The van der Waals surface area contributed by atoms with Gasteiger partial charge in [-0.05, 0) is 49.0 Å². The number of benzene rings is 2. The highest BCUT2D eigenvalue weighted by Crippen LogP contribution is 2.23. The smallest absolute Gasteiger partial charge is 0.182 e. The highest BCUT2D eigenvalue weighted by atomic mass is 32.1. The molecule has 0 aliphatic carbocycles. The average molecular weight is 276 g/mol. The first kappa shape index (κ1) is 12.0. The lowest BCUT2D eigenvalue weighted by Crippen LogP contribution is -1.99. The second kappa shape index (κ2) is 4.28. The van der Waals surface area contributed by atoms with Crippen LogP contribution in [0.1, 0.15) is 5.56 Å². The predicted molar refractivity (Wildman–Crippen MR) is 73.1 cm³/mol. The van der Waals surface area contributed by atoms with Crippen LogP contribution in [-0.4, -0.2) is 9.55 Å². The molecule has 0 unspecified atom stereocenters. The molecule has 0 aliphatic rings. The van der Waals surface area contributed by atoms with E-state index in [1.165, 1.54) is 16.7 Å². The van der Waals surface area contributed by atoms with Gasteiger partial charge in [-0.2, -0.15) is 0 Å². The fraction of sp³-hybridized carbons (Fsp3) is 0.0714. The Morgan fingerprint density at radius 1 is 1.16 bits per heavy atom. The van der Waals surface area contributed by atoms with Crippen molar-refractivity contribution in [1.82, 2.24) is 9.55 Å². The Balaban J connectivity index is 2.40. The van der Waals surface area contributed by atoms with Gasteiger partial charge in [0.05, 0.1) is 16.7 Å². The molecule has 0 aliphatic heterocycles. The van der Waals surface area contributed by atoms with E-state index in [2.05, 4.69) is 4.98 Å². The molecular formula is C14H10F2N2S. The quantitative estimate of drug-likeness (QED) is 0.658. The Kier molecular flexibility index (Phi) is 2.71. The van der Waals surface area contributed by atoms with Crippen molar-refractivity contribution in [2.45, 2.75) is 6.92 Å². The maximum atomic E-state index is 13.9. The molecule has 3 aromatic rings. The maximum Gasteiger partial charge on any atom is 0.182 e. The van der Waals surface area contributed by atoms with E-state index in [4.69, 9.17) is 12.2 Å². The molecule has 3 rings (SSSR count). The van der Waals surface area contributed by atoms with Crippen LogP contribution in [0.3, 0.4) is 0 Å². The average Bonchev–Trinajstić information content (AvgIpc) is 2.68. The number of imidazole rings is 1. The number of fused-ring (bicyclic) bond motifs is 1. The summed E-state index contributed by atoms with van der Waals surface area (Å²) in [6, 6.07) is 9.70. The molecule has 2 aromatic carbocycles. The van der Waals surface area contributed by atoms with E-state index in [0.717, 1.165) is 22.7 Å². The molecule has 0 atom stereocenters. The maximum absolute atomic E-state index is 13.9. The van der Waals surface area contributed by atoms with E-state index < -0.39 is 11.6 Å². The molecule has 0 radical (unpaired) electrons. The van der Waals surface area contributed by atoms with Gasteiger partial charge in [-0.3, -0.25) is 4.57 Å². The van der Waals surface area contributed by atoms with Crippen molar-refractivity contribution >= 4 is 23.3 Å². The number of rotatable bonds is 1. The molecule has 96 valence electrons. The summed E-state index contributed by atoms with van der Waals surface area (Å²) in [5, 5.41) is 0. The van der Waals surface area contributed by atoms with Crippen LogP contribution in [0.25, 0.3) is 16.7 Å². The Labute approximate surface area is 113 Å². The first-order valence-corrected chi connectivity index (χ1v) is 6.14. The zero-order valence-corrected chi connectivity index (χ0v) is 10.9. The Morgan fingerprint density at radius 2 is 1.95 bits per heavy atom. The molecule has 1 heterocycles. The zero-order chi connectivity index (χ0) is 13.6. The van der Waals surface area contributed by atoms with Crippen molar-refractivity contribution in [2.24, 2.45) is 0 Å². The molecule has 0 saturated heterocycles. The molecule has 0 fully saturated rings. The SMILES string of the molecule is Cc1ccc2c(c1)[nH]c(=S)n2-c1cccc(F)c1F. The molecule has 2 nitrogen and oxygen atoms in total. The summed E-state index contributed by atoms with van der Waals surface area (Å²) >= 11 is 5.20. The minimum Gasteiger partial charge on any atom is -0.330 e. The van der Waals surface area contributed by atoms with Crippen LogP contribution in [0.4, 0.5) is 8.78 Å². The van der Waals surface area contributed by atoms with Gasteiger partial charge in [-0.1, -0.05) is 12.1 Å². The van der Waals surface area contributed by atoms with Crippen molar-refractivity contribution in [3.63, 3.8) is 0 Å². The van der Waals surface area contributed by atoms with E-state index in [1.807, 2.05) is 25.1 Å². The van der Waals surface area contributed by atoms with Crippen molar-refractivity contribution in [3.8, 4) is 5.69 Å². The first-order chi connectivity index (χ1) is 9.08. The minimum atomic E-state index is -0.903. The number of hydrogen-bond acceptors (Lipinski definition) is 1. The molecule has 1 N–H and O–H groups in total. The van der Waals surface area contributed by atoms with Crippen LogP contribution in [0.5, 0.6) is 0 Å². The normalized spacial score (nSPS) is 11.1. The third-order valence-electron chi connectivity index (χ3n) is 3.01. The van der Waals surface area contributed by atoms with Gasteiger partial charge in [0.1, 0.15) is 0 Å². The van der Waals surface area contributed by atoms with Crippen LogP contribution in [0.15, 0.2) is 36.4 Å². The summed E-state index contributed by atoms with van der Waals surface area (Å²) < 4.78 is 29.1. The number of halogens is 2. The monoisotopic (exact) mass is 276 g/mol. The molecule has 0 spiro atoms. The number of aromatic amines is 1. The molecule has 0 bridgehead atoms. The molecule has 5 heteroatoms. The summed E-state index contributed by atoms with van der Waals surface area (Å²) in [4.78, 5) is 3.00. The summed E-state index contributed by atoms with van der Waals surface area (Å²) in [7, 11) is 0. The van der Waals surface area contributed by atoms with Crippen molar-refractivity contribution in [3.05, 3.63) is 58.4 Å². The molecule has 0 amide bonds. The van der Waals surface area contributed by atoms with Gasteiger partial charge in [0.25, 0.3) is 0 Å². The van der Waals surface area contributed by atoms with Crippen LogP contribution >= 0.6 is 12.2 Å². The van der Waals surface area contributed by atoms with Gasteiger partial charge in [-0.15, -0.1) is 0 Å². The molecule has 1 aromatic heterocycles.